The van der Waals surface area contributed by atoms with Crippen LogP contribution in [0, 0.1) is 19.7 Å². The summed E-state index contributed by atoms with van der Waals surface area (Å²) in [5.74, 6) is 0.396. The van der Waals surface area contributed by atoms with E-state index < -0.39 is 0 Å². The molecule has 0 spiro atoms. The van der Waals surface area contributed by atoms with E-state index in [1.807, 2.05) is 0 Å². The van der Waals surface area contributed by atoms with Crippen LogP contribution in [0.1, 0.15) is 33.9 Å². The van der Waals surface area contributed by atoms with Crippen molar-refractivity contribution in [2.24, 2.45) is 4.99 Å². The van der Waals surface area contributed by atoms with Crippen LogP contribution >= 0.6 is 0 Å². The summed E-state index contributed by atoms with van der Waals surface area (Å²) in [6, 6.07) is 11.2. The molecular weight excluding hydrogens is 357 g/mol. The van der Waals surface area contributed by atoms with Gasteiger partial charge in [-0.25, -0.2) is 4.39 Å². The van der Waals surface area contributed by atoms with Crippen molar-refractivity contribution in [3.05, 3.63) is 70.0 Å². The number of morpholine rings is 1. The van der Waals surface area contributed by atoms with Crippen molar-refractivity contribution < 1.29 is 14.2 Å². The van der Waals surface area contributed by atoms with Gasteiger partial charge >= 0.3 is 0 Å². The lowest BCUT2D eigenvalue weighted by Crippen LogP contribution is -2.48. The highest BCUT2D eigenvalue weighted by molar-refractivity contribution is 5.80. The van der Waals surface area contributed by atoms with Gasteiger partial charge < -0.3 is 20.1 Å². The third kappa shape index (κ3) is 4.69. The third-order valence-electron chi connectivity index (χ3n) is 5.08. The number of nitrogens with one attached hydrogen (secondary N) is 1. The Labute approximate surface area is 165 Å². The Morgan fingerprint density at radius 3 is 2.82 bits per heavy atom. The fourth-order valence-electron chi connectivity index (χ4n) is 3.59. The Bertz CT molecular complexity index is 854. The summed E-state index contributed by atoms with van der Waals surface area (Å²) in [6.07, 6.45) is -0.000266. The largest absolute Gasteiger partial charge is 0.392 e. The Morgan fingerprint density at radius 2 is 2.11 bits per heavy atom. The molecule has 1 unspecified atom stereocenters. The highest BCUT2D eigenvalue weighted by Gasteiger charge is 2.25. The number of aliphatic imine (C=N–C) groups is 1. The summed E-state index contributed by atoms with van der Waals surface area (Å²) in [5.41, 5.74) is 4.88. The molecule has 28 heavy (non-hydrogen) atoms. The summed E-state index contributed by atoms with van der Waals surface area (Å²) in [4.78, 5) is 6.59. The number of nitrogens with zero attached hydrogens (tertiary/aromatic N) is 2. The van der Waals surface area contributed by atoms with E-state index in [0.29, 0.717) is 18.7 Å². The first kappa shape index (κ1) is 20.3. The first-order valence-electron chi connectivity index (χ1n) is 9.54. The Hall–Kier alpha value is -2.44. The van der Waals surface area contributed by atoms with Gasteiger partial charge in [-0.15, -0.1) is 0 Å². The molecule has 0 aromatic heterocycles. The molecule has 3 rings (SSSR count). The fourth-order valence-corrected chi connectivity index (χ4v) is 3.59. The van der Waals surface area contributed by atoms with Gasteiger partial charge in [-0.1, -0.05) is 29.8 Å². The van der Waals surface area contributed by atoms with E-state index in [1.165, 1.54) is 22.8 Å². The van der Waals surface area contributed by atoms with E-state index in [4.69, 9.17) is 4.74 Å². The summed E-state index contributed by atoms with van der Waals surface area (Å²) in [7, 11) is 1.76. The van der Waals surface area contributed by atoms with Gasteiger partial charge in [0.15, 0.2) is 5.96 Å². The average Bonchev–Trinajstić information content (AvgIpc) is 2.70. The number of aryl methyl sites for hydroxylation is 2. The number of halogens is 1. The average molecular weight is 385 g/mol. The molecule has 1 atom stereocenters. The first-order valence-corrected chi connectivity index (χ1v) is 9.54. The van der Waals surface area contributed by atoms with Crippen LogP contribution in [0.5, 0.6) is 0 Å². The van der Waals surface area contributed by atoms with Crippen LogP contribution in [-0.2, 0) is 17.9 Å². The molecule has 0 amide bonds. The highest BCUT2D eigenvalue weighted by Crippen LogP contribution is 2.26. The van der Waals surface area contributed by atoms with Gasteiger partial charge in [-0.05, 0) is 42.7 Å². The van der Waals surface area contributed by atoms with Crippen molar-refractivity contribution in [2.45, 2.75) is 33.1 Å². The van der Waals surface area contributed by atoms with Gasteiger partial charge in [0.25, 0.3) is 0 Å². The number of ether oxygens (including phenoxy) is 1. The van der Waals surface area contributed by atoms with Crippen LogP contribution in [0.3, 0.4) is 0 Å². The molecule has 2 aromatic carbocycles. The number of guanidine groups is 1. The lowest BCUT2D eigenvalue weighted by atomic mass is 10.00. The monoisotopic (exact) mass is 385 g/mol. The predicted octanol–water partition coefficient (Wildman–Crippen LogP) is 3.08. The minimum absolute atomic E-state index is 0.000266. The minimum atomic E-state index is -0.389. The molecule has 6 heteroatoms. The second kappa shape index (κ2) is 9.17. The fraction of sp³-hybridized carbons (Fsp3) is 0.409. The van der Waals surface area contributed by atoms with Crippen LogP contribution in [0.15, 0.2) is 41.4 Å². The zero-order valence-electron chi connectivity index (χ0n) is 16.7. The summed E-state index contributed by atoms with van der Waals surface area (Å²) in [6.45, 7) is 6.51. The lowest BCUT2D eigenvalue weighted by molar-refractivity contribution is -0.00834. The molecule has 0 radical (unpaired) electrons. The lowest BCUT2D eigenvalue weighted by Gasteiger charge is -2.36. The number of hydrogen-bond acceptors (Lipinski definition) is 3. The smallest absolute Gasteiger partial charge is 0.194 e. The molecule has 1 saturated heterocycles. The molecule has 5 nitrogen and oxygen atoms in total. The quantitative estimate of drug-likeness (QED) is 0.627. The number of aliphatic hydroxyl groups excluding tert-OH is 1. The van der Waals surface area contributed by atoms with Crippen LogP contribution in [0.4, 0.5) is 4.39 Å². The number of benzene rings is 2. The normalized spacial score (nSPS) is 17.7. The Kier molecular flexibility index (Phi) is 6.65. The number of hydrogen-bond donors (Lipinski definition) is 2. The van der Waals surface area contributed by atoms with E-state index in [0.717, 1.165) is 24.6 Å². The predicted molar refractivity (Wildman–Crippen MR) is 109 cm³/mol. The van der Waals surface area contributed by atoms with E-state index in [1.54, 1.807) is 19.2 Å². The Morgan fingerprint density at radius 1 is 1.29 bits per heavy atom. The maximum absolute atomic E-state index is 13.6. The van der Waals surface area contributed by atoms with Crippen molar-refractivity contribution in [2.75, 3.05) is 26.7 Å². The molecule has 150 valence electrons. The number of rotatable bonds is 4. The highest BCUT2D eigenvalue weighted by atomic mass is 19.1. The maximum Gasteiger partial charge on any atom is 0.194 e. The first-order chi connectivity index (χ1) is 13.5. The summed E-state index contributed by atoms with van der Waals surface area (Å²) >= 11 is 0. The molecule has 0 aliphatic carbocycles. The summed E-state index contributed by atoms with van der Waals surface area (Å²) in [5, 5.41) is 12.6. The third-order valence-corrected chi connectivity index (χ3v) is 5.08. The van der Waals surface area contributed by atoms with Crippen molar-refractivity contribution in [1.82, 2.24) is 10.2 Å². The zero-order valence-corrected chi connectivity index (χ0v) is 16.7. The van der Waals surface area contributed by atoms with Crippen LogP contribution in [0.2, 0.25) is 0 Å². The van der Waals surface area contributed by atoms with Crippen molar-refractivity contribution in [3.8, 4) is 0 Å². The van der Waals surface area contributed by atoms with Crippen LogP contribution in [0.25, 0.3) is 0 Å². The molecule has 1 fully saturated rings. The van der Waals surface area contributed by atoms with Gasteiger partial charge in [-0.3, -0.25) is 4.99 Å². The van der Waals surface area contributed by atoms with E-state index >= 15 is 0 Å². The minimum Gasteiger partial charge on any atom is -0.392 e. The SMILES string of the molecule is CN=C(NCc1ccc(F)c(CO)c1)N1CCOC(c2ccc(C)cc2C)C1. The van der Waals surface area contributed by atoms with Gasteiger partial charge in [-0.2, -0.15) is 0 Å². The van der Waals surface area contributed by atoms with Crippen LogP contribution < -0.4 is 5.32 Å². The topological polar surface area (TPSA) is 57.1 Å². The Balaban J connectivity index is 1.67. The molecule has 1 aliphatic rings. The molecule has 1 heterocycles. The molecule has 1 aliphatic heterocycles. The van der Waals surface area contributed by atoms with Gasteiger partial charge in [0, 0.05) is 25.7 Å². The van der Waals surface area contributed by atoms with Gasteiger partial charge in [0.05, 0.1) is 19.8 Å². The van der Waals surface area contributed by atoms with E-state index in [-0.39, 0.29) is 18.5 Å². The van der Waals surface area contributed by atoms with Gasteiger partial charge in [0.1, 0.15) is 11.9 Å². The van der Waals surface area contributed by atoms with Crippen LogP contribution in [-0.4, -0.2) is 42.7 Å². The van der Waals surface area contributed by atoms with E-state index in [9.17, 15) is 9.50 Å². The molecule has 0 bridgehead atoms. The second-order valence-electron chi connectivity index (χ2n) is 7.15. The molecule has 2 aromatic rings. The number of aliphatic hydroxyl groups is 1. The van der Waals surface area contributed by atoms with Crippen molar-refractivity contribution in [3.63, 3.8) is 0 Å². The van der Waals surface area contributed by atoms with E-state index in [2.05, 4.69) is 47.3 Å². The maximum atomic E-state index is 13.6. The molecule has 0 saturated carbocycles. The molecular formula is C22H28FN3O2. The standard InChI is InChI=1S/C22H28FN3O2/c1-15-4-6-19(16(2)10-15)21-13-26(8-9-28-21)22(24-3)25-12-17-5-7-20(23)18(11-17)14-27/h4-7,10-11,21,27H,8-9,12-14H2,1-3H3,(H,24,25). The van der Waals surface area contributed by atoms with Crippen molar-refractivity contribution in [1.29, 1.82) is 0 Å². The zero-order chi connectivity index (χ0) is 20.1. The molecule has 2 N–H and O–H groups in total. The van der Waals surface area contributed by atoms with Crippen molar-refractivity contribution >= 4 is 5.96 Å². The summed E-state index contributed by atoms with van der Waals surface area (Å²) < 4.78 is 19.6. The second-order valence-corrected chi connectivity index (χ2v) is 7.15. The van der Waals surface area contributed by atoms with Gasteiger partial charge in [0.2, 0.25) is 0 Å².